The summed E-state index contributed by atoms with van der Waals surface area (Å²) in [5.74, 6) is 1.38. The van der Waals surface area contributed by atoms with Crippen LogP contribution in [0.4, 0.5) is 4.79 Å². The molecule has 0 aromatic carbocycles. The van der Waals surface area contributed by atoms with E-state index in [4.69, 9.17) is 4.42 Å². The maximum absolute atomic E-state index is 12.5. The summed E-state index contributed by atoms with van der Waals surface area (Å²) in [6, 6.07) is 1.68. The van der Waals surface area contributed by atoms with Crippen LogP contribution in [0.25, 0.3) is 0 Å². The van der Waals surface area contributed by atoms with Crippen molar-refractivity contribution in [3.05, 3.63) is 23.7 Å². The van der Waals surface area contributed by atoms with E-state index >= 15 is 0 Å². The van der Waals surface area contributed by atoms with Crippen LogP contribution in [0.5, 0.6) is 0 Å². The highest BCUT2D eigenvalue weighted by molar-refractivity contribution is 5.95. The fraction of sp³-hybridized carbons (Fsp3) is 0.684. The number of hydrogen-bond acceptors (Lipinski definition) is 4. The molecule has 1 atom stereocenters. The van der Waals surface area contributed by atoms with E-state index < -0.39 is 0 Å². The van der Waals surface area contributed by atoms with Gasteiger partial charge in [-0.15, -0.1) is 0 Å². The molecule has 3 heterocycles. The number of amides is 3. The second-order valence-electron chi connectivity index (χ2n) is 7.45. The predicted octanol–water partition coefficient (Wildman–Crippen LogP) is 1.79. The topological polar surface area (TPSA) is 69.0 Å². The van der Waals surface area contributed by atoms with Gasteiger partial charge in [0.25, 0.3) is 5.91 Å². The van der Waals surface area contributed by atoms with Crippen molar-refractivity contribution in [3.63, 3.8) is 0 Å². The Balaban J connectivity index is 1.38. The van der Waals surface area contributed by atoms with Crippen LogP contribution >= 0.6 is 0 Å². The molecule has 2 fully saturated rings. The SMILES string of the molecule is Cc1occc1C(=O)N1CCN(C(=O)NCCN2CCC[C@H](C)C2)CC1. The van der Waals surface area contributed by atoms with E-state index in [2.05, 4.69) is 17.1 Å². The lowest BCUT2D eigenvalue weighted by atomic mass is 10.0. The average Bonchev–Trinajstić information content (AvgIpc) is 3.07. The molecular weight excluding hydrogens is 332 g/mol. The summed E-state index contributed by atoms with van der Waals surface area (Å²) in [5, 5.41) is 3.02. The van der Waals surface area contributed by atoms with Gasteiger partial charge in [0, 0.05) is 45.8 Å². The van der Waals surface area contributed by atoms with Gasteiger partial charge in [-0.3, -0.25) is 4.79 Å². The molecule has 2 aliphatic heterocycles. The van der Waals surface area contributed by atoms with Gasteiger partial charge in [-0.25, -0.2) is 4.79 Å². The third kappa shape index (κ3) is 4.58. The first-order chi connectivity index (χ1) is 12.5. The second kappa shape index (κ2) is 8.58. The fourth-order valence-electron chi connectivity index (χ4n) is 3.81. The van der Waals surface area contributed by atoms with Crippen molar-refractivity contribution in [1.82, 2.24) is 20.0 Å². The Bertz CT molecular complexity index is 622. The Morgan fingerprint density at radius 1 is 1.19 bits per heavy atom. The molecule has 0 radical (unpaired) electrons. The quantitative estimate of drug-likeness (QED) is 0.887. The molecule has 144 valence electrons. The summed E-state index contributed by atoms with van der Waals surface area (Å²) in [6.45, 7) is 10.2. The number of piperidine rings is 1. The summed E-state index contributed by atoms with van der Waals surface area (Å²) in [6.07, 6.45) is 4.10. The number of nitrogens with one attached hydrogen (secondary N) is 1. The van der Waals surface area contributed by atoms with E-state index in [1.54, 1.807) is 22.8 Å². The van der Waals surface area contributed by atoms with Gasteiger partial charge in [0.1, 0.15) is 5.76 Å². The van der Waals surface area contributed by atoms with Crippen molar-refractivity contribution in [2.24, 2.45) is 5.92 Å². The lowest BCUT2D eigenvalue weighted by molar-refractivity contribution is 0.0662. The van der Waals surface area contributed by atoms with Gasteiger partial charge in [-0.2, -0.15) is 0 Å². The Hall–Kier alpha value is -2.02. The van der Waals surface area contributed by atoms with Crippen LogP contribution in [0.15, 0.2) is 16.7 Å². The highest BCUT2D eigenvalue weighted by atomic mass is 16.3. The molecule has 7 nitrogen and oxygen atoms in total. The molecule has 7 heteroatoms. The molecule has 0 spiro atoms. The first kappa shape index (κ1) is 18.8. The number of nitrogens with zero attached hydrogens (tertiary/aromatic N) is 3. The molecule has 1 aromatic heterocycles. The molecular formula is C19H30N4O3. The monoisotopic (exact) mass is 362 g/mol. The largest absolute Gasteiger partial charge is 0.469 e. The third-order valence-electron chi connectivity index (χ3n) is 5.39. The van der Waals surface area contributed by atoms with E-state index in [9.17, 15) is 9.59 Å². The van der Waals surface area contributed by atoms with Gasteiger partial charge in [-0.05, 0) is 38.3 Å². The number of likely N-dealkylation sites (tertiary alicyclic amines) is 1. The van der Waals surface area contributed by atoms with E-state index in [0.29, 0.717) is 44.0 Å². The Morgan fingerprint density at radius 3 is 2.58 bits per heavy atom. The average molecular weight is 362 g/mol. The number of piperazine rings is 1. The minimum Gasteiger partial charge on any atom is -0.469 e. The number of aryl methyl sites for hydroxylation is 1. The van der Waals surface area contributed by atoms with Gasteiger partial charge < -0.3 is 24.4 Å². The first-order valence-electron chi connectivity index (χ1n) is 9.63. The molecule has 1 aromatic rings. The fourth-order valence-corrected chi connectivity index (χ4v) is 3.81. The molecule has 0 unspecified atom stereocenters. The zero-order chi connectivity index (χ0) is 18.5. The molecule has 0 bridgehead atoms. The number of carbonyl (C=O) groups excluding carboxylic acids is 2. The van der Waals surface area contributed by atoms with Gasteiger partial charge in [0.05, 0.1) is 11.8 Å². The van der Waals surface area contributed by atoms with E-state index in [1.807, 2.05) is 0 Å². The summed E-state index contributed by atoms with van der Waals surface area (Å²) >= 11 is 0. The highest BCUT2D eigenvalue weighted by Gasteiger charge is 2.26. The van der Waals surface area contributed by atoms with Crippen molar-refractivity contribution in [2.45, 2.75) is 26.7 Å². The number of carbonyl (C=O) groups is 2. The molecule has 1 N–H and O–H groups in total. The van der Waals surface area contributed by atoms with Crippen LogP contribution < -0.4 is 5.32 Å². The molecule has 26 heavy (non-hydrogen) atoms. The maximum Gasteiger partial charge on any atom is 0.317 e. The Kier molecular flexibility index (Phi) is 6.19. The normalized spacial score (nSPS) is 21.7. The van der Waals surface area contributed by atoms with E-state index in [1.165, 1.54) is 19.1 Å². The van der Waals surface area contributed by atoms with Gasteiger partial charge in [0.2, 0.25) is 0 Å². The van der Waals surface area contributed by atoms with Gasteiger partial charge in [-0.1, -0.05) is 6.92 Å². The van der Waals surface area contributed by atoms with Crippen molar-refractivity contribution in [2.75, 3.05) is 52.4 Å². The third-order valence-corrected chi connectivity index (χ3v) is 5.39. The van der Waals surface area contributed by atoms with Gasteiger partial charge >= 0.3 is 6.03 Å². The smallest absolute Gasteiger partial charge is 0.317 e. The minimum absolute atomic E-state index is 0.0180. The van der Waals surface area contributed by atoms with Crippen LogP contribution in [0.3, 0.4) is 0 Å². The lowest BCUT2D eigenvalue weighted by Gasteiger charge is -2.35. The van der Waals surface area contributed by atoms with Crippen molar-refractivity contribution < 1.29 is 14.0 Å². The molecule has 3 amide bonds. The van der Waals surface area contributed by atoms with Crippen molar-refractivity contribution >= 4 is 11.9 Å². The number of furan rings is 1. The summed E-state index contributed by atoms with van der Waals surface area (Å²) in [5.41, 5.74) is 0.610. The number of hydrogen-bond donors (Lipinski definition) is 1. The molecule has 2 saturated heterocycles. The predicted molar refractivity (Wildman–Crippen MR) is 99.2 cm³/mol. The second-order valence-corrected chi connectivity index (χ2v) is 7.45. The number of urea groups is 1. The van der Waals surface area contributed by atoms with Gasteiger partial charge in [0.15, 0.2) is 0 Å². The van der Waals surface area contributed by atoms with Crippen LogP contribution in [0.1, 0.15) is 35.9 Å². The van der Waals surface area contributed by atoms with Crippen molar-refractivity contribution in [3.8, 4) is 0 Å². The summed E-state index contributed by atoms with van der Waals surface area (Å²) in [4.78, 5) is 30.8. The maximum atomic E-state index is 12.5. The Morgan fingerprint density at radius 2 is 1.92 bits per heavy atom. The van der Waals surface area contributed by atoms with Crippen LogP contribution in [-0.2, 0) is 0 Å². The van der Waals surface area contributed by atoms with E-state index in [-0.39, 0.29) is 11.9 Å². The molecule has 2 aliphatic rings. The standard InChI is InChI=1S/C19H30N4O3/c1-15-4-3-7-21(14-15)8-6-20-19(25)23-11-9-22(10-12-23)18(24)17-5-13-26-16(17)2/h5,13,15H,3-4,6-12,14H2,1-2H3,(H,20,25)/t15-/m0/s1. The van der Waals surface area contributed by atoms with Crippen LogP contribution in [0.2, 0.25) is 0 Å². The summed E-state index contributed by atoms with van der Waals surface area (Å²) < 4.78 is 5.21. The molecule has 0 saturated carbocycles. The zero-order valence-electron chi connectivity index (χ0n) is 15.9. The van der Waals surface area contributed by atoms with Crippen LogP contribution in [-0.4, -0.2) is 79.0 Å². The Labute approximate surface area is 155 Å². The van der Waals surface area contributed by atoms with Crippen LogP contribution in [0, 0.1) is 12.8 Å². The van der Waals surface area contributed by atoms with Crippen molar-refractivity contribution in [1.29, 1.82) is 0 Å². The zero-order valence-corrected chi connectivity index (χ0v) is 15.9. The highest BCUT2D eigenvalue weighted by Crippen LogP contribution is 2.15. The number of rotatable bonds is 4. The molecule has 0 aliphatic carbocycles. The molecule has 3 rings (SSSR count). The lowest BCUT2D eigenvalue weighted by Crippen LogP contribution is -2.54. The summed E-state index contributed by atoms with van der Waals surface area (Å²) in [7, 11) is 0. The van der Waals surface area contributed by atoms with E-state index in [0.717, 1.165) is 25.6 Å². The minimum atomic E-state index is -0.0263. The first-order valence-corrected chi connectivity index (χ1v) is 9.63.